The van der Waals surface area contributed by atoms with Crippen molar-refractivity contribution < 1.29 is 43.8 Å². The normalized spacial score (nSPS) is 24.0. The van der Waals surface area contributed by atoms with Gasteiger partial charge < -0.3 is 47.4 Å². The van der Waals surface area contributed by atoms with E-state index in [1.165, 1.54) is 16.2 Å². The number of primary amides is 1. The summed E-state index contributed by atoms with van der Waals surface area (Å²) in [5.74, 6) is -4.73. The highest BCUT2D eigenvalue weighted by Gasteiger charge is 2.45. The number of thiazole rings is 1. The first-order chi connectivity index (χ1) is 37.0. The molecule has 1 unspecified atom stereocenters. The van der Waals surface area contributed by atoms with Crippen molar-refractivity contribution in [3.8, 4) is 15.4 Å². The van der Waals surface area contributed by atoms with E-state index in [0.717, 1.165) is 54.5 Å². The Kier molecular flexibility index (Phi) is 17.8. The van der Waals surface area contributed by atoms with Crippen LogP contribution in [-0.2, 0) is 33.6 Å². The van der Waals surface area contributed by atoms with Gasteiger partial charge in [0.1, 0.15) is 53.3 Å². The van der Waals surface area contributed by atoms with Gasteiger partial charge in [0.25, 0.3) is 0 Å². The molecule has 0 radical (unpaired) electrons. The summed E-state index contributed by atoms with van der Waals surface area (Å²) in [7, 11) is 0. The molecule has 5 aromatic rings. The summed E-state index contributed by atoms with van der Waals surface area (Å²) in [4.78, 5) is 111. The molecule has 22 nitrogen and oxygen atoms in total. The summed E-state index contributed by atoms with van der Waals surface area (Å²) in [5, 5.41) is 48.8. The number of aliphatic hydroxyl groups is 2. The number of benzene rings is 2. The molecule has 0 bridgehead atoms. The summed E-state index contributed by atoms with van der Waals surface area (Å²) in [6, 6.07) is 6.43. The van der Waals surface area contributed by atoms with Crippen molar-refractivity contribution in [1.29, 1.82) is 0 Å². The van der Waals surface area contributed by atoms with Crippen molar-refractivity contribution in [2.24, 2.45) is 16.1 Å². The van der Waals surface area contributed by atoms with E-state index in [0.29, 0.717) is 27.9 Å². The molecule has 8 atom stereocenters. The number of rotatable bonds is 8. The second kappa shape index (κ2) is 24.2. The van der Waals surface area contributed by atoms with Crippen molar-refractivity contribution in [3.63, 3.8) is 0 Å². The minimum absolute atomic E-state index is 0.166. The molecule has 10 N–H and O–H groups in total. The molecule has 6 heterocycles. The van der Waals surface area contributed by atoms with Crippen LogP contribution < -0.4 is 37.6 Å². The van der Waals surface area contributed by atoms with Crippen LogP contribution in [0, 0.1) is 33.1 Å². The Bertz CT molecular complexity index is 3140. The van der Waals surface area contributed by atoms with Crippen LogP contribution in [0.4, 0.5) is 0 Å². The van der Waals surface area contributed by atoms with E-state index in [9.17, 15) is 43.8 Å². The number of carbonyl (C=O) groups excluding carboxylic acids is 7. The molecular formula is C52H62ClN13O9S3. The average molecular weight is 1140 g/mol. The minimum atomic E-state index is -1.69. The Morgan fingerprint density at radius 3 is 2.28 bits per heavy atom. The summed E-state index contributed by atoms with van der Waals surface area (Å²) in [6.07, 6.45) is -3.23. The van der Waals surface area contributed by atoms with Gasteiger partial charge in [-0.2, -0.15) is 0 Å². The number of aryl methyl sites for hydroxylation is 3. The van der Waals surface area contributed by atoms with Gasteiger partial charge in [-0.15, -0.1) is 44.6 Å². The molecule has 2 saturated heterocycles. The summed E-state index contributed by atoms with van der Waals surface area (Å²) in [6.45, 7) is 11.6. The molecule has 0 saturated carbocycles. The van der Waals surface area contributed by atoms with Crippen molar-refractivity contribution >= 4 is 93.1 Å². The highest BCUT2D eigenvalue weighted by atomic mass is 35.5. The lowest BCUT2D eigenvalue weighted by atomic mass is 9.85. The van der Waals surface area contributed by atoms with Crippen LogP contribution in [0.1, 0.15) is 90.2 Å². The number of nitrogens with zero attached hydrogens (tertiary/aromatic N) is 6. The molecule has 3 aliphatic rings. The van der Waals surface area contributed by atoms with Gasteiger partial charge in [0, 0.05) is 46.3 Å². The van der Waals surface area contributed by atoms with Crippen LogP contribution in [0.2, 0.25) is 5.02 Å². The number of carbonyl (C=O) groups is 7. The maximum Gasteiger partial charge on any atom is 0.247 e. The van der Waals surface area contributed by atoms with Crippen LogP contribution in [0.15, 0.2) is 59.0 Å². The largest absolute Gasteiger partial charge is 0.391 e. The maximum absolute atomic E-state index is 14.4. The maximum atomic E-state index is 14.4. The van der Waals surface area contributed by atoms with E-state index in [4.69, 9.17) is 22.3 Å². The lowest BCUT2D eigenvalue weighted by molar-refractivity contribution is -0.144. The van der Waals surface area contributed by atoms with Gasteiger partial charge in [-0.1, -0.05) is 68.8 Å². The van der Waals surface area contributed by atoms with Gasteiger partial charge in [0.05, 0.1) is 46.6 Å². The number of halogens is 1. The fourth-order valence-electron chi connectivity index (χ4n) is 9.42. The van der Waals surface area contributed by atoms with E-state index in [1.54, 1.807) is 80.9 Å². The van der Waals surface area contributed by atoms with Crippen LogP contribution in [0.25, 0.3) is 15.4 Å². The molecule has 414 valence electrons. The molecule has 3 aliphatic heterocycles. The first-order valence-corrected chi connectivity index (χ1v) is 28.3. The quantitative estimate of drug-likeness (QED) is 0.108. The zero-order valence-electron chi connectivity index (χ0n) is 43.9. The van der Waals surface area contributed by atoms with Crippen LogP contribution in [0.5, 0.6) is 0 Å². The molecule has 8 rings (SSSR count). The Labute approximate surface area is 467 Å². The number of fused-ring (bicyclic) bond motifs is 4. The highest BCUT2D eigenvalue weighted by Crippen LogP contribution is 2.40. The van der Waals surface area contributed by atoms with Gasteiger partial charge in [-0.05, 0) is 61.9 Å². The third-order valence-electron chi connectivity index (χ3n) is 13.7. The molecule has 3 aromatic heterocycles. The summed E-state index contributed by atoms with van der Waals surface area (Å²) < 4.78 is 1.89. The monoisotopic (exact) mass is 1140 g/mol. The van der Waals surface area contributed by atoms with Gasteiger partial charge in [-0.25, -0.2) is 4.98 Å². The molecule has 0 aliphatic carbocycles. The van der Waals surface area contributed by atoms with Gasteiger partial charge in [0.15, 0.2) is 5.82 Å². The molecule has 2 aromatic carbocycles. The number of aromatic nitrogens is 4. The van der Waals surface area contributed by atoms with E-state index in [2.05, 4.69) is 47.1 Å². The Balaban J connectivity index is 1.08. The fraction of sp³-hybridized carbons (Fsp3) is 0.442. The third kappa shape index (κ3) is 12.9. The van der Waals surface area contributed by atoms with Crippen molar-refractivity contribution in [2.45, 2.75) is 110 Å². The Morgan fingerprint density at radius 2 is 1.62 bits per heavy atom. The number of amides is 7. The lowest BCUT2D eigenvalue weighted by Gasteiger charge is -2.35. The second-order valence-corrected chi connectivity index (χ2v) is 24.0. The number of hydrogen-bond acceptors (Lipinski definition) is 17. The van der Waals surface area contributed by atoms with Crippen molar-refractivity contribution in [1.82, 2.24) is 56.5 Å². The molecule has 0 spiro atoms. The van der Waals surface area contributed by atoms with Gasteiger partial charge >= 0.3 is 0 Å². The topological polar surface area (TPSA) is 317 Å². The fourth-order valence-corrected chi connectivity index (χ4v) is 12.4. The first-order valence-electron chi connectivity index (χ1n) is 25.1. The number of aliphatic hydroxyl groups excluding tert-OH is 2. The standard InChI is InChI=1S/C52H62ClN13O9S3/c1-24-26(3)78-51-40(24)41(28-12-14-31(53)15-13-28)59-33(46-64-63-27(4)66(46)51)17-37(68)55-18-34-47(72)60-35(45(54)71)21-76-22-39(70)61-44(52(5,6)7)50(75)65-20-32(67)16-36(65)48(73)62-42(49(74)56-19-38(69)58-34)29-8-10-30(11-9-29)43-25(2)57-23-77-43/h8-15,23,32-36,38,42,44,58,67,69H,16-22H2,1-7H3,(H2,54,71)(H,55,68)(H,56,74)(H,60,72)(H,61,70)(H,62,73)/t32-,33+,34+,35-,36+,38?,42-,44-/m1/s1. The van der Waals surface area contributed by atoms with Gasteiger partial charge in [0.2, 0.25) is 41.4 Å². The number of nitrogens with two attached hydrogens (primary N) is 1. The van der Waals surface area contributed by atoms with Crippen LogP contribution >= 0.6 is 46.0 Å². The number of β-amino-alcohol motifs (C(OH)–C–C–N with tert-alkyl or cyclic N) is 1. The van der Waals surface area contributed by atoms with Crippen molar-refractivity contribution in [3.05, 3.63) is 104 Å². The molecule has 78 heavy (non-hydrogen) atoms. The average Bonchev–Trinajstić information content (AvgIpc) is 4.24. The lowest BCUT2D eigenvalue weighted by Crippen LogP contribution is -2.59. The van der Waals surface area contributed by atoms with E-state index >= 15 is 0 Å². The van der Waals surface area contributed by atoms with Gasteiger partial charge in [-0.3, -0.25) is 48.4 Å². The zero-order chi connectivity index (χ0) is 56.3. The predicted octanol–water partition coefficient (Wildman–Crippen LogP) is 2.20. The number of hydrogen-bond donors (Lipinski definition) is 9. The third-order valence-corrected chi connectivity index (χ3v) is 17.1. The Morgan fingerprint density at radius 1 is 0.910 bits per heavy atom. The summed E-state index contributed by atoms with van der Waals surface area (Å²) >= 11 is 10.2. The second-order valence-electron chi connectivity index (χ2n) is 20.5. The number of aliphatic imine (C=N–C) groups is 1. The first kappa shape index (κ1) is 57.6. The predicted molar refractivity (Wildman–Crippen MR) is 296 cm³/mol. The molecule has 2 fully saturated rings. The smallest absolute Gasteiger partial charge is 0.247 e. The van der Waals surface area contributed by atoms with E-state index < -0.39 is 108 Å². The molecule has 7 amide bonds. The number of thioether (sulfide) groups is 1. The summed E-state index contributed by atoms with van der Waals surface area (Å²) in [5.41, 5.74) is 11.7. The van der Waals surface area contributed by atoms with Crippen LogP contribution in [-0.4, -0.2) is 150 Å². The minimum Gasteiger partial charge on any atom is -0.391 e. The SMILES string of the molecule is Cc1ncsc1-c1ccc([C@H]2NC(=O)[C@@H]3C[C@@H](O)CN3C(=O)[C@H](C(C)(C)C)NC(=O)CSC[C@H](C(N)=O)NC(=O)[C@H](CNC(=O)C[C@@H]3N=C(c4ccc(Cl)cc4)c4c(sc(C)c4C)-n4c(C)nnc43)NC(O)CNC2=O)cc1. The zero-order valence-corrected chi connectivity index (χ0v) is 47.1. The number of nitrogens with one attached hydrogen (secondary N) is 6. The van der Waals surface area contributed by atoms with E-state index in [1.807, 2.05) is 37.5 Å². The molecule has 26 heteroatoms. The highest BCUT2D eigenvalue weighted by molar-refractivity contribution is 8.00. The van der Waals surface area contributed by atoms with Crippen LogP contribution in [0.3, 0.4) is 0 Å². The molecular weight excluding hydrogens is 1080 g/mol. The number of thiophene rings is 1. The Hall–Kier alpha value is -6.61. The van der Waals surface area contributed by atoms with Crippen molar-refractivity contribution in [2.75, 3.05) is 31.1 Å². The van der Waals surface area contributed by atoms with E-state index in [-0.39, 0.29) is 30.9 Å².